The predicted molar refractivity (Wildman–Crippen MR) is 111 cm³/mol. The molecule has 7 nitrogen and oxygen atoms in total. The van der Waals surface area contributed by atoms with Crippen LogP contribution in [0.4, 0.5) is 0 Å². The van der Waals surface area contributed by atoms with Crippen molar-refractivity contribution >= 4 is 11.8 Å². The number of carbonyl (C=O) groups excluding carboxylic acids is 2. The van der Waals surface area contributed by atoms with Crippen LogP contribution in [0.1, 0.15) is 16.1 Å². The third-order valence-electron chi connectivity index (χ3n) is 5.26. The fraction of sp³-hybridized carbons (Fsp3) is 0.217. The maximum atomic E-state index is 12.8. The molecule has 0 spiro atoms. The van der Waals surface area contributed by atoms with Crippen molar-refractivity contribution in [3.63, 3.8) is 0 Å². The van der Waals surface area contributed by atoms with E-state index in [0.29, 0.717) is 6.54 Å². The normalized spacial score (nSPS) is 18.7. The van der Waals surface area contributed by atoms with Crippen molar-refractivity contribution in [2.24, 2.45) is 5.73 Å². The van der Waals surface area contributed by atoms with Crippen molar-refractivity contribution in [2.75, 3.05) is 19.7 Å². The Bertz CT molecular complexity index is 1030. The molecule has 152 valence electrons. The van der Waals surface area contributed by atoms with Gasteiger partial charge in [-0.1, -0.05) is 54.6 Å². The molecule has 1 aliphatic rings. The van der Waals surface area contributed by atoms with Crippen molar-refractivity contribution in [2.45, 2.75) is 12.0 Å². The number of morpholine rings is 1. The maximum Gasteiger partial charge on any atom is 0.274 e. The summed E-state index contributed by atoms with van der Waals surface area (Å²) in [6.07, 6.45) is 4.65. The van der Waals surface area contributed by atoms with Gasteiger partial charge in [-0.25, -0.2) is 4.98 Å². The second-order valence-corrected chi connectivity index (χ2v) is 7.26. The Morgan fingerprint density at radius 3 is 2.43 bits per heavy atom. The number of primary amides is 1. The molecule has 1 aromatic heterocycles. The van der Waals surface area contributed by atoms with Gasteiger partial charge in [0.05, 0.1) is 19.3 Å². The monoisotopic (exact) mass is 402 g/mol. The summed E-state index contributed by atoms with van der Waals surface area (Å²) in [5.41, 5.74) is 7.78. The number of nitrogens with two attached hydrogens (primary N) is 1. The van der Waals surface area contributed by atoms with Crippen LogP contribution < -0.4 is 5.73 Å². The molecule has 30 heavy (non-hydrogen) atoms. The Hall–Kier alpha value is -3.58. The van der Waals surface area contributed by atoms with Crippen LogP contribution in [0, 0.1) is 0 Å². The van der Waals surface area contributed by atoms with Gasteiger partial charge in [-0.05, 0) is 16.7 Å². The van der Waals surface area contributed by atoms with Crippen molar-refractivity contribution in [1.82, 2.24) is 14.9 Å². The van der Waals surface area contributed by atoms with E-state index >= 15 is 0 Å². The highest BCUT2D eigenvalue weighted by Gasteiger charge is 2.44. The molecule has 2 heterocycles. The number of rotatable bonds is 5. The molecule has 0 saturated carbocycles. The van der Waals surface area contributed by atoms with Gasteiger partial charge < -0.3 is 15.4 Å². The minimum atomic E-state index is -1.29. The summed E-state index contributed by atoms with van der Waals surface area (Å²) in [5.74, 6) is -0.886. The molecule has 0 unspecified atom stereocenters. The second kappa shape index (κ2) is 8.42. The molecule has 0 bridgehead atoms. The highest BCUT2D eigenvalue weighted by molar-refractivity contribution is 5.93. The van der Waals surface area contributed by atoms with Crippen LogP contribution in [0.3, 0.4) is 0 Å². The summed E-state index contributed by atoms with van der Waals surface area (Å²) < 4.78 is 5.86. The van der Waals surface area contributed by atoms with Gasteiger partial charge >= 0.3 is 0 Å². The molecule has 1 atom stereocenters. The molecule has 1 aliphatic heterocycles. The summed E-state index contributed by atoms with van der Waals surface area (Å²) in [5, 5.41) is 0. The van der Waals surface area contributed by atoms with Crippen LogP contribution in [0.15, 0.2) is 73.2 Å². The molecule has 2 N–H and O–H groups in total. The minimum Gasteiger partial charge on any atom is -0.367 e. The van der Waals surface area contributed by atoms with Crippen molar-refractivity contribution in [1.29, 1.82) is 0 Å². The molecule has 2 aromatic carbocycles. The summed E-state index contributed by atoms with van der Waals surface area (Å²) in [4.78, 5) is 34.7. The van der Waals surface area contributed by atoms with E-state index in [1.165, 1.54) is 18.6 Å². The van der Waals surface area contributed by atoms with Gasteiger partial charge in [-0.15, -0.1) is 0 Å². The van der Waals surface area contributed by atoms with Crippen LogP contribution in [-0.2, 0) is 16.0 Å². The number of amides is 2. The third kappa shape index (κ3) is 4.06. The molecule has 0 aliphatic carbocycles. The summed E-state index contributed by atoms with van der Waals surface area (Å²) in [7, 11) is 0. The summed E-state index contributed by atoms with van der Waals surface area (Å²) in [6.45, 7) is 0.645. The molecular weight excluding hydrogens is 380 g/mol. The first-order chi connectivity index (χ1) is 14.6. The van der Waals surface area contributed by atoms with Crippen LogP contribution in [0.5, 0.6) is 0 Å². The highest BCUT2D eigenvalue weighted by atomic mass is 16.5. The lowest BCUT2D eigenvalue weighted by molar-refractivity contribution is -0.153. The van der Waals surface area contributed by atoms with Crippen LogP contribution in [0.2, 0.25) is 0 Å². The van der Waals surface area contributed by atoms with E-state index in [9.17, 15) is 9.59 Å². The Morgan fingerprint density at radius 2 is 1.77 bits per heavy atom. The lowest BCUT2D eigenvalue weighted by Gasteiger charge is -2.40. The molecular formula is C23H22N4O3. The number of aromatic nitrogens is 2. The first kappa shape index (κ1) is 19.7. The average molecular weight is 402 g/mol. The van der Waals surface area contributed by atoms with Gasteiger partial charge in [0.2, 0.25) is 0 Å². The maximum absolute atomic E-state index is 12.8. The molecule has 1 saturated heterocycles. The van der Waals surface area contributed by atoms with E-state index in [0.717, 1.165) is 16.7 Å². The van der Waals surface area contributed by atoms with Crippen molar-refractivity contribution < 1.29 is 14.3 Å². The zero-order chi connectivity index (χ0) is 21.0. The second-order valence-electron chi connectivity index (χ2n) is 7.26. The molecule has 1 fully saturated rings. The number of carbonyl (C=O) groups is 2. The van der Waals surface area contributed by atoms with Gasteiger partial charge in [-0.2, -0.15) is 0 Å². The van der Waals surface area contributed by atoms with Crippen molar-refractivity contribution in [3.05, 3.63) is 84.4 Å². The number of benzene rings is 2. The largest absolute Gasteiger partial charge is 0.367 e. The lowest BCUT2D eigenvalue weighted by atomic mass is 9.90. The molecule has 2 amide bonds. The Balaban J connectivity index is 1.54. The van der Waals surface area contributed by atoms with E-state index in [1.54, 1.807) is 4.90 Å². The predicted octanol–water partition coefficient (Wildman–Crippen LogP) is 2.08. The zero-order valence-electron chi connectivity index (χ0n) is 16.4. The first-order valence-corrected chi connectivity index (χ1v) is 9.71. The van der Waals surface area contributed by atoms with E-state index in [-0.39, 0.29) is 31.2 Å². The number of nitrogens with zero attached hydrogens (tertiary/aromatic N) is 3. The van der Waals surface area contributed by atoms with Gasteiger partial charge in [0, 0.05) is 25.4 Å². The van der Waals surface area contributed by atoms with Gasteiger partial charge in [-0.3, -0.25) is 14.6 Å². The minimum absolute atomic E-state index is 0.0676. The molecule has 0 radical (unpaired) electrons. The zero-order valence-corrected chi connectivity index (χ0v) is 16.4. The summed E-state index contributed by atoms with van der Waals surface area (Å²) in [6, 6.07) is 18.0. The molecule has 3 aromatic rings. The highest BCUT2D eigenvalue weighted by Crippen LogP contribution is 2.26. The molecule has 4 rings (SSSR count). The number of hydrogen-bond donors (Lipinski definition) is 1. The fourth-order valence-corrected chi connectivity index (χ4v) is 3.65. The topological polar surface area (TPSA) is 98.4 Å². The average Bonchev–Trinajstić information content (AvgIpc) is 2.80. The quantitative estimate of drug-likeness (QED) is 0.705. The Morgan fingerprint density at radius 1 is 1.03 bits per heavy atom. The van der Waals surface area contributed by atoms with E-state index in [4.69, 9.17) is 10.5 Å². The Kier molecular flexibility index (Phi) is 5.54. The molecule has 7 heteroatoms. The van der Waals surface area contributed by atoms with E-state index in [2.05, 4.69) is 9.97 Å². The van der Waals surface area contributed by atoms with Crippen molar-refractivity contribution in [3.8, 4) is 11.1 Å². The number of ether oxygens (including phenoxy) is 1. The fourth-order valence-electron chi connectivity index (χ4n) is 3.65. The van der Waals surface area contributed by atoms with E-state index in [1.807, 2.05) is 54.6 Å². The standard InChI is InChI=1S/C23H22N4O3/c24-22(29)23(14-17-6-8-19(9-7-17)18-4-2-1-3-5-18)16-27(12-13-30-23)21(28)20-15-25-10-11-26-20/h1-11,15H,12-14,16H2,(H2,24,29)/t23-/m1/s1. The third-order valence-corrected chi connectivity index (χ3v) is 5.26. The van der Waals surface area contributed by atoms with Crippen LogP contribution >= 0.6 is 0 Å². The Labute approximate surface area is 174 Å². The van der Waals surface area contributed by atoms with Crippen LogP contribution in [0.25, 0.3) is 11.1 Å². The smallest absolute Gasteiger partial charge is 0.274 e. The van der Waals surface area contributed by atoms with Gasteiger partial charge in [0.15, 0.2) is 5.60 Å². The number of hydrogen-bond acceptors (Lipinski definition) is 5. The SMILES string of the molecule is NC(=O)[C@@]1(Cc2ccc(-c3ccccc3)cc2)CN(C(=O)c2cnccn2)CCO1. The van der Waals surface area contributed by atoms with Gasteiger partial charge in [0.25, 0.3) is 11.8 Å². The first-order valence-electron chi connectivity index (χ1n) is 9.71. The lowest BCUT2D eigenvalue weighted by Crippen LogP contribution is -2.61. The van der Waals surface area contributed by atoms with E-state index < -0.39 is 11.5 Å². The summed E-state index contributed by atoms with van der Waals surface area (Å²) >= 11 is 0. The van der Waals surface area contributed by atoms with Gasteiger partial charge in [0.1, 0.15) is 5.69 Å². The van der Waals surface area contributed by atoms with Crippen LogP contribution in [-0.4, -0.2) is 52.0 Å².